The van der Waals surface area contributed by atoms with E-state index in [9.17, 15) is 9.59 Å². The van der Waals surface area contributed by atoms with Crippen LogP contribution in [0.5, 0.6) is 5.75 Å². The molecule has 1 saturated heterocycles. The van der Waals surface area contributed by atoms with Gasteiger partial charge in [-0.2, -0.15) is 0 Å². The zero-order valence-corrected chi connectivity index (χ0v) is 17.2. The van der Waals surface area contributed by atoms with Crippen molar-refractivity contribution < 1.29 is 14.3 Å². The fourth-order valence-corrected chi connectivity index (χ4v) is 3.61. The third-order valence-electron chi connectivity index (χ3n) is 5.23. The maximum absolute atomic E-state index is 13.1. The summed E-state index contributed by atoms with van der Waals surface area (Å²) in [6, 6.07) is 26.5. The second-order valence-corrected chi connectivity index (χ2v) is 7.31. The van der Waals surface area contributed by atoms with Crippen LogP contribution >= 0.6 is 0 Å². The predicted molar refractivity (Wildman–Crippen MR) is 122 cm³/mol. The van der Waals surface area contributed by atoms with Crippen LogP contribution < -0.4 is 15.0 Å². The molecular weight excluding hydrogens is 390 g/mol. The van der Waals surface area contributed by atoms with Crippen molar-refractivity contribution in [3.8, 4) is 5.75 Å². The summed E-state index contributed by atoms with van der Waals surface area (Å²) in [6.07, 6.45) is 0. The van der Waals surface area contributed by atoms with E-state index in [1.165, 1.54) is 5.69 Å². The van der Waals surface area contributed by atoms with Gasteiger partial charge in [0.05, 0.1) is 11.3 Å². The molecule has 0 radical (unpaired) electrons. The lowest BCUT2D eigenvalue weighted by Gasteiger charge is -2.36. The average Bonchev–Trinajstić information content (AvgIpc) is 2.84. The Morgan fingerprint density at radius 1 is 0.774 bits per heavy atom. The van der Waals surface area contributed by atoms with Crippen LogP contribution in [0.1, 0.15) is 10.4 Å². The number of anilines is 2. The number of nitrogens with one attached hydrogen (secondary N) is 1. The van der Waals surface area contributed by atoms with E-state index in [0.717, 1.165) is 13.1 Å². The number of para-hydroxylation sites is 3. The SMILES string of the molecule is O=C(COc1ccccc1)Nc1ccccc1C(=O)N1CCN(c2ccccc2)CC1. The zero-order valence-electron chi connectivity index (χ0n) is 17.2. The molecule has 31 heavy (non-hydrogen) atoms. The minimum absolute atomic E-state index is 0.0763. The average molecular weight is 415 g/mol. The first-order valence-corrected chi connectivity index (χ1v) is 10.4. The van der Waals surface area contributed by atoms with Crippen LogP contribution in [0.2, 0.25) is 0 Å². The molecule has 1 fully saturated rings. The van der Waals surface area contributed by atoms with Crippen molar-refractivity contribution in [2.45, 2.75) is 0 Å². The maximum Gasteiger partial charge on any atom is 0.262 e. The lowest BCUT2D eigenvalue weighted by atomic mass is 10.1. The van der Waals surface area contributed by atoms with Crippen molar-refractivity contribution in [3.05, 3.63) is 90.5 Å². The second-order valence-electron chi connectivity index (χ2n) is 7.31. The summed E-state index contributed by atoms with van der Waals surface area (Å²) in [5.74, 6) is 0.240. The molecule has 0 unspecified atom stereocenters. The van der Waals surface area contributed by atoms with Gasteiger partial charge in [-0.1, -0.05) is 48.5 Å². The van der Waals surface area contributed by atoms with E-state index in [0.29, 0.717) is 30.1 Å². The molecule has 1 aliphatic rings. The highest BCUT2D eigenvalue weighted by molar-refractivity contribution is 6.04. The molecule has 4 rings (SSSR count). The first-order chi connectivity index (χ1) is 15.2. The van der Waals surface area contributed by atoms with Gasteiger partial charge in [-0.15, -0.1) is 0 Å². The van der Waals surface area contributed by atoms with Gasteiger partial charge in [0, 0.05) is 31.9 Å². The minimum Gasteiger partial charge on any atom is -0.484 e. The lowest BCUT2D eigenvalue weighted by Crippen LogP contribution is -2.49. The monoisotopic (exact) mass is 415 g/mol. The summed E-state index contributed by atoms with van der Waals surface area (Å²) in [5, 5.41) is 2.81. The summed E-state index contributed by atoms with van der Waals surface area (Å²) in [7, 11) is 0. The number of carbonyl (C=O) groups excluding carboxylic acids is 2. The van der Waals surface area contributed by atoms with Crippen molar-refractivity contribution >= 4 is 23.2 Å². The van der Waals surface area contributed by atoms with E-state index >= 15 is 0 Å². The summed E-state index contributed by atoms with van der Waals surface area (Å²) in [5.41, 5.74) is 2.16. The van der Waals surface area contributed by atoms with Gasteiger partial charge < -0.3 is 19.9 Å². The zero-order chi connectivity index (χ0) is 21.5. The number of amides is 2. The predicted octanol–water partition coefficient (Wildman–Crippen LogP) is 3.67. The molecular formula is C25H25N3O3. The molecule has 3 aromatic rings. The summed E-state index contributed by atoms with van der Waals surface area (Å²) < 4.78 is 5.50. The first-order valence-electron chi connectivity index (χ1n) is 10.4. The van der Waals surface area contributed by atoms with Crippen molar-refractivity contribution in [1.29, 1.82) is 0 Å². The molecule has 6 heteroatoms. The highest BCUT2D eigenvalue weighted by Crippen LogP contribution is 2.21. The van der Waals surface area contributed by atoms with E-state index in [-0.39, 0.29) is 18.4 Å². The molecule has 158 valence electrons. The van der Waals surface area contributed by atoms with E-state index in [4.69, 9.17) is 4.74 Å². The van der Waals surface area contributed by atoms with Gasteiger partial charge in [-0.05, 0) is 36.4 Å². The number of benzene rings is 3. The van der Waals surface area contributed by atoms with Crippen molar-refractivity contribution in [2.75, 3.05) is 43.0 Å². The molecule has 0 atom stereocenters. The molecule has 3 aromatic carbocycles. The standard InChI is InChI=1S/C25H25N3O3/c29-24(19-31-21-11-5-2-6-12-21)26-23-14-8-7-13-22(23)25(30)28-17-15-27(16-18-28)20-9-3-1-4-10-20/h1-14H,15-19H2,(H,26,29). The Morgan fingerprint density at radius 3 is 2.10 bits per heavy atom. The molecule has 1 aliphatic heterocycles. The molecule has 2 amide bonds. The number of hydrogen-bond donors (Lipinski definition) is 1. The van der Waals surface area contributed by atoms with Gasteiger partial charge in [0.25, 0.3) is 11.8 Å². The molecule has 0 saturated carbocycles. The Balaban J connectivity index is 1.36. The van der Waals surface area contributed by atoms with E-state index in [1.807, 2.05) is 47.4 Å². The van der Waals surface area contributed by atoms with Gasteiger partial charge >= 0.3 is 0 Å². The Morgan fingerprint density at radius 2 is 1.39 bits per heavy atom. The maximum atomic E-state index is 13.1. The Hall–Kier alpha value is -3.80. The van der Waals surface area contributed by atoms with Crippen LogP contribution in [0.4, 0.5) is 11.4 Å². The Labute approximate surface area is 182 Å². The number of nitrogens with zero attached hydrogens (tertiary/aromatic N) is 2. The largest absolute Gasteiger partial charge is 0.484 e. The van der Waals surface area contributed by atoms with Crippen molar-refractivity contribution in [2.24, 2.45) is 0 Å². The van der Waals surface area contributed by atoms with Gasteiger partial charge in [-0.3, -0.25) is 9.59 Å². The number of ether oxygens (including phenoxy) is 1. The smallest absolute Gasteiger partial charge is 0.262 e. The third kappa shape index (κ3) is 5.22. The van der Waals surface area contributed by atoms with E-state index in [1.54, 1.807) is 30.3 Å². The molecule has 1 heterocycles. The lowest BCUT2D eigenvalue weighted by molar-refractivity contribution is -0.118. The summed E-state index contributed by atoms with van der Waals surface area (Å²) in [6.45, 7) is 2.69. The fraction of sp³-hybridized carbons (Fsp3) is 0.200. The Kier molecular flexibility index (Phi) is 6.47. The van der Waals surface area contributed by atoms with Crippen LogP contribution in [0.3, 0.4) is 0 Å². The van der Waals surface area contributed by atoms with Crippen LogP contribution in [0.15, 0.2) is 84.9 Å². The normalized spacial score (nSPS) is 13.5. The highest BCUT2D eigenvalue weighted by atomic mass is 16.5. The minimum atomic E-state index is -0.307. The second kappa shape index (κ2) is 9.80. The van der Waals surface area contributed by atoms with Crippen LogP contribution in [-0.4, -0.2) is 49.5 Å². The van der Waals surface area contributed by atoms with Crippen molar-refractivity contribution in [1.82, 2.24) is 4.90 Å². The number of piperazine rings is 1. The molecule has 0 bridgehead atoms. The van der Waals surface area contributed by atoms with Gasteiger partial charge in [-0.25, -0.2) is 0 Å². The number of rotatable bonds is 6. The van der Waals surface area contributed by atoms with E-state index in [2.05, 4.69) is 22.3 Å². The molecule has 1 N–H and O–H groups in total. The van der Waals surface area contributed by atoms with Crippen LogP contribution in [0, 0.1) is 0 Å². The van der Waals surface area contributed by atoms with Gasteiger partial charge in [0.1, 0.15) is 5.75 Å². The molecule has 0 aliphatic carbocycles. The van der Waals surface area contributed by atoms with Gasteiger partial charge in [0.2, 0.25) is 0 Å². The van der Waals surface area contributed by atoms with Crippen LogP contribution in [-0.2, 0) is 4.79 Å². The first kappa shape index (κ1) is 20.5. The fourth-order valence-electron chi connectivity index (χ4n) is 3.61. The summed E-state index contributed by atoms with van der Waals surface area (Å²) in [4.78, 5) is 29.6. The number of hydrogen-bond acceptors (Lipinski definition) is 4. The molecule has 0 spiro atoms. The highest BCUT2D eigenvalue weighted by Gasteiger charge is 2.24. The molecule has 6 nitrogen and oxygen atoms in total. The topological polar surface area (TPSA) is 61.9 Å². The van der Waals surface area contributed by atoms with Crippen LogP contribution in [0.25, 0.3) is 0 Å². The number of carbonyl (C=O) groups is 2. The Bertz CT molecular complexity index is 1020. The van der Waals surface area contributed by atoms with Gasteiger partial charge in [0.15, 0.2) is 6.61 Å². The van der Waals surface area contributed by atoms with E-state index < -0.39 is 0 Å². The molecule has 0 aromatic heterocycles. The summed E-state index contributed by atoms with van der Waals surface area (Å²) >= 11 is 0. The third-order valence-corrected chi connectivity index (χ3v) is 5.23. The quantitative estimate of drug-likeness (QED) is 0.667. The van der Waals surface area contributed by atoms with Crippen molar-refractivity contribution in [3.63, 3.8) is 0 Å².